The van der Waals surface area contributed by atoms with Crippen LogP contribution in [0.2, 0.25) is 5.02 Å². The molecule has 0 radical (unpaired) electrons. The molecule has 1 fully saturated rings. The van der Waals surface area contributed by atoms with Gasteiger partial charge in [0.15, 0.2) is 6.23 Å². The van der Waals surface area contributed by atoms with Crippen LogP contribution in [-0.4, -0.2) is 49.8 Å². The number of rotatable bonds is 1. The van der Waals surface area contributed by atoms with Crippen molar-refractivity contribution in [1.82, 2.24) is 9.55 Å². The molecule has 0 saturated carbocycles. The monoisotopic (exact) mass is 422 g/mol. The highest BCUT2D eigenvalue weighted by molar-refractivity contribution is 6.32. The van der Waals surface area contributed by atoms with Crippen LogP contribution in [0.1, 0.15) is 6.23 Å². The van der Waals surface area contributed by atoms with Gasteiger partial charge in [0.05, 0.1) is 23.2 Å². The van der Waals surface area contributed by atoms with Gasteiger partial charge < -0.3 is 29.6 Å². The van der Waals surface area contributed by atoms with Crippen molar-refractivity contribution < 1.29 is 20.1 Å². The Morgan fingerprint density at radius 2 is 1.70 bits per heavy atom. The Morgan fingerprint density at radius 1 is 0.900 bits per heavy atom. The first kappa shape index (κ1) is 18.2. The number of H-pyrrole nitrogens is 1. The number of aliphatic hydroxyl groups excluding tert-OH is 3. The quantitative estimate of drug-likeness (QED) is 0.331. The number of nitrogens with one attached hydrogen (secondary N) is 1. The average molecular weight is 423 g/mol. The molecule has 3 heterocycles. The Balaban J connectivity index is 1.75. The summed E-state index contributed by atoms with van der Waals surface area (Å²) in [6.45, 7) is -0.0603. The molecule has 7 heteroatoms. The minimum atomic E-state index is -1.29. The molecule has 0 aliphatic carbocycles. The van der Waals surface area contributed by atoms with Gasteiger partial charge in [0.1, 0.15) is 18.3 Å². The van der Waals surface area contributed by atoms with E-state index in [9.17, 15) is 15.3 Å². The SMILES string of the molecule is O[C@@H]1[C@@H](O)[C@H](n2c3ccccc3c3ccc4c5cc(Cl)ccc5[nH]c4c32)OC[C@H]1O. The number of halogens is 1. The van der Waals surface area contributed by atoms with Crippen LogP contribution in [0.4, 0.5) is 0 Å². The molecular formula is C23H19ClN2O4. The molecule has 2 aromatic heterocycles. The average Bonchev–Trinajstić information content (AvgIpc) is 3.28. The lowest BCUT2D eigenvalue weighted by Crippen LogP contribution is -2.50. The van der Waals surface area contributed by atoms with Crippen LogP contribution in [0.3, 0.4) is 0 Å². The van der Waals surface area contributed by atoms with Crippen molar-refractivity contribution in [1.29, 1.82) is 0 Å². The maximum atomic E-state index is 10.8. The predicted molar refractivity (Wildman–Crippen MR) is 117 cm³/mol. The van der Waals surface area contributed by atoms with Crippen molar-refractivity contribution in [3.8, 4) is 0 Å². The normalized spacial score (nSPS) is 25.1. The van der Waals surface area contributed by atoms with E-state index < -0.39 is 24.5 Å². The first-order valence-corrected chi connectivity index (χ1v) is 10.2. The van der Waals surface area contributed by atoms with Crippen molar-refractivity contribution >= 4 is 55.2 Å². The molecule has 5 aromatic rings. The molecule has 1 saturated heterocycles. The minimum absolute atomic E-state index is 0.0603. The van der Waals surface area contributed by atoms with Crippen LogP contribution in [-0.2, 0) is 4.74 Å². The summed E-state index contributed by atoms with van der Waals surface area (Å²) >= 11 is 6.24. The summed E-state index contributed by atoms with van der Waals surface area (Å²) in [5, 5.41) is 35.7. The molecule has 6 rings (SSSR count). The number of benzene rings is 3. The maximum Gasteiger partial charge on any atom is 0.163 e. The van der Waals surface area contributed by atoms with Crippen molar-refractivity contribution in [3.63, 3.8) is 0 Å². The van der Waals surface area contributed by atoms with Gasteiger partial charge in [0, 0.05) is 32.1 Å². The molecule has 0 spiro atoms. The lowest BCUT2D eigenvalue weighted by atomic mass is 10.0. The second kappa shape index (κ2) is 6.44. The molecule has 1 aliphatic rings. The predicted octanol–water partition coefficient (Wildman–Crippen LogP) is 3.69. The van der Waals surface area contributed by atoms with Gasteiger partial charge in [-0.3, -0.25) is 0 Å². The molecule has 6 nitrogen and oxygen atoms in total. The Hall–Kier alpha value is -2.61. The molecule has 152 valence electrons. The topological polar surface area (TPSA) is 90.6 Å². The van der Waals surface area contributed by atoms with Gasteiger partial charge in [0.2, 0.25) is 0 Å². The van der Waals surface area contributed by atoms with Crippen LogP contribution >= 0.6 is 11.6 Å². The van der Waals surface area contributed by atoms with E-state index in [2.05, 4.69) is 17.1 Å². The summed E-state index contributed by atoms with van der Waals surface area (Å²) < 4.78 is 7.76. The Morgan fingerprint density at radius 3 is 2.57 bits per heavy atom. The second-order valence-corrected chi connectivity index (χ2v) is 8.30. The molecule has 0 bridgehead atoms. The van der Waals surface area contributed by atoms with Crippen LogP contribution < -0.4 is 0 Å². The standard InChI is InChI=1S/C23H19ClN2O4/c24-11-5-8-16-15(9-11)13-6-7-14-12-3-1-2-4-17(12)26(20(14)19(13)25-16)23-22(29)21(28)18(27)10-30-23/h1-9,18,21-23,25,27-29H,10H2/t18-,21+,22-,23-/m1/s1. The number of hydrogen-bond donors (Lipinski definition) is 4. The van der Waals surface area contributed by atoms with Crippen LogP contribution in [0, 0.1) is 0 Å². The van der Waals surface area contributed by atoms with E-state index in [1.165, 1.54) is 0 Å². The van der Waals surface area contributed by atoms with Crippen molar-refractivity contribution in [3.05, 3.63) is 59.6 Å². The fraction of sp³-hybridized carbons (Fsp3) is 0.217. The molecule has 1 aliphatic heterocycles. The summed E-state index contributed by atoms with van der Waals surface area (Å²) in [4.78, 5) is 3.49. The van der Waals surface area contributed by atoms with Gasteiger partial charge >= 0.3 is 0 Å². The van der Waals surface area contributed by atoms with Crippen molar-refractivity contribution in [2.24, 2.45) is 0 Å². The zero-order chi connectivity index (χ0) is 20.6. The van der Waals surface area contributed by atoms with E-state index in [0.29, 0.717) is 5.02 Å². The molecular weight excluding hydrogens is 404 g/mol. The third-order valence-electron chi connectivity index (χ3n) is 6.13. The molecule has 4 atom stereocenters. The van der Waals surface area contributed by atoms with Gasteiger partial charge in [-0.25, -0.2) is 0 Å². The van der Waals surface area contributed by atoms with E-state index in [1.807, 2.05) is 47.0 Å². The Kier molecular flexibility index (Phi) is 3.90. The number of aromatic nitrogens is 2. The van der Waals surface area contributed by atoms with Gasteiger partial charge in [-0.2, -0.15) is 0 Å². The van der Waals surface area contributed by atoms with Gasteiger partial charge in [-0.15, -0.1) is 0 Å². The molecule has 0 unspecified atom stereocenters. The summed E-state index contributed by atoms with van der Waals surface area (Å²) in [7, 11) is 0. The van der Waals surface area contributed by atoms with E-state index in [4.69, 9.17) is 16.3 Å². The number of aliphatic hydroxyl groups is 3. The number of hydrogen-bond acceptors (Lipinski definition) is 4. The number of nitrogens with zero attached hydrogens (tertiary/aromatic N) is 1. The lowest BCUT2D eigenvalue weighted by Gasteiger charge is -2.36. The van der Waals surface area contributed by atoms with E-state index in [1.54, 1.807) is 0 Å². The number of para-hydroxylation sites is 1. The Bertz CT molecular complexity index is 1440. The van der Waals surface area contributed by atoms with Crippen LogP contribution in [0.15, 0.2) is 54.6 Å². The summed E-state index contributed by atoms with van der Waals surface area (Å²) in [5.74, 6) is 0. The second-order valence-electron chi connectivity index (χ2n) is 7.86. The number of aromatic amines is 1. The lowest BCUT2D eigenvalue weighted by molar-refractivity contribution is -0.208. The van der Waals surface area contributed by atoms with Crippen LogP contribution in [0.5, 0.6) is 0 Å². The highest BCUT2D eigenvalue weighted by Gasteiger charge is 2.40. The van der Waals surface area contributed by atoms with Crippen molar-refractivity contribution in [2.45, 2.75) is 24.5 Å². The van der Waals surface area contributed by atoms with E-state index in [-0.39, 0.29) is 6.61 Å². The summed E-state index contributed by atoms with van der Waals surface area (Å²) in [6.07, 6.45) is -4.53. The summed E-state index contributed by atoms with van der Waals surface area (Å²) in [5.41, 5.74) is 3.61. The van der Waals surface area contributed by atoms with E-state index in [0.717, 1.165) is 43.6 Å². The zero-order valence-electron chi connectivity index (χ0n) is 15.8. The molecule has 4 N–H and O–H groups in total. The highest BCUT2D eigenvalue weighted by Crippen LogP contribution is 2.40. The Labute approximate surface area is 175 Å². The fourth-order valence-electron chi connectivity index (χ4n) is 4.71. The number of fused-ring (bicyclic) bond motifs is 7. The van der Waals surface area contributed by atoms with Gasteiger partial charge in [0.25, 0.3) is 0 Å². The molecule has 3 aromatic carbocycles. The first-order chi connectivity index (χ1) is 14.5. The molecule has 30 heavy (non-hydrogen) atoms. The largest absolute Gasteiger partial charge is 0.388 e. The van der Waals surface area contributed by atoms with Gasteiger partial charge in [-0.05, 0) is 24.3 Å². The highest BCUT2D eigenvalue weighted by atomic mass is 35.5. The third kappa shape index (κ3) is 2.40. The number of ether oxygens (including phenoxy) is 1. The van der Waals surface area contributed by atoms with E-state index >= 15 is 0 Å². The third-order valence-corrected chi connectivity index (χ3v) is 6.37. The summed E-state index contributed by atoms with van der Waals surface area (Å²) in [6, 6.07) is 17.7. The minimum Gasteiger partial charge on any atom is -0.388 e. The maximum absolute atomic E-state index is 10.8. The van der Waals surface area contributed by atoms with Crippen LogP contribution in [0.25, 0.3) is 43.6 Å². The molecule has 0 amide bonds. The van der Waals surface area contributed by atoms with Gasteiger partial charge in [-0.1, -0.05) is 41.9 Å². The fourth-order valence-corrected chi connectivity index (χ4v) is 4.88. The van der Waals surface area contributed by atoms with Crippen molar-refractivity contribution in [2.75, 3.05) is 6.61 Å². The smallest absolute Gasteiger partial charge is 0.163 e. The first-order valence-electron chi connectivity index (χ1n) is 9.83. The zero-order valence-corrected chi connectivity index (χ0v) is 16.5.